The number of rotatable bonds is 4. The zero-order chi connectivity index (χ0) is 20.8. The van der Waals surface area contributed by atoms with Crippen molar-refractivity contribution in [2.75, 3.05) is 12.9 Å². The molecule has 1 aromatic heterocycles. The highest BCUT2D eigenvalue weighted by molar-refractivity contribution is 7.91. The minimum absolute atomic E-state index is 0.205. The van der Waals surface area contributed by atoms with Crippen molar-refractivity contribution < 1.29 is 22.7 Å². The van der Waals surface area contributed by atoms with E-state index in [0.29, 0.717) is 17.0 Å². The molecule has 1 atom stereocenters. The largest absolute Gasteiger partial charge is 0.458 e. The number of esters is 1. The van der Waals surface area contributed by atoms with Crippen molar-refractivity contribution in [1.29, 1.82) is 0 Å². The Hall–Kier alpha value is -2.93. The number of pyridine rings is 1. The molecule has 0 radical (unpaired) electrons. The van der Waals surface area contributed by atoms with Crippen LogP contribution in [0.4, 0.5) is 0 Å². The van der Waals surface area contributed by atoms with Gasteiger partial charge >= 0.3 is 5.97 Å². The first-order chi connectivity index (χ1) is 13.7. The molecule has 0 N–H and O–H groups in total. The van der Waals surface area contributed by atoms with Crippen molar-refractivity contribution in [2.24, 2.45) is 5.41 Å². The van der Waals surface area contributed by atoms with E-state index in [-0.39, 0.29) is 12.4 Å². The number of benzene rings is 1. The van der Waals surface area contributed by atoms with Gasteiger partial charge in [-0.3, -0.25) is 0 Å². The van der Waals surface area contributed by atoms with Gasteiger partial charge < -0.3 is 9.47 Å². The normalized spacial score (nSPS) is 21.3. The topological polar surface area (TPSA) is 82.6 Å². The lowest BCUT2D eigenvalue weighted by Gasteiger charge is -2.35. The van der Waals surface area contributed by atoms with Crippen LogP contribution in [0.2, 0.25) is 0 Å². The minimum Gasteiger partial charge on any atom is -0.458 e. The average molecular weight is 411 g/mol. The number of carbonyl (C=O) groups excluding carboxylic acids is 1. The van der Waals surface area contributed by atoms with Crippen molar-refractivity contribution in [2.45, 2.75) is 19.1 Å². The maximum absolute atomic E-state index is 12.7. The van der Waals surface area contributed by atoms with Crippen LogP contribution in [0.3, 0.4) is 0 Å². The maximum atomic E-state index is 12.7. The summed E-state index contributed by atoms with van der Waals surface area (Å²) in [6.45, 7) is 3.83. The van der Waals surface area contributed by atoms with E-state index in [9.17, 15) is 13.2 Å². The summed E-state index contributed by atoms with van der Waals surface area (Å²) in [5, 5.41) is 0.788. The lowest BCUT2D eigenvalue weighted by Crippen LogP contribution is -2.40. The highest BCUT2D eigenvalue weighted by atomic mass is 32.2. The molecular formula is C22H21NO5S. The van der Waals surface area contributed by atoms with E-state index < -0.39 is 26.5 Å². The van der Waals surface area contributed by atoms with Crippen LogP contribution in [0.25, 0.3) is 10.8 Å². The van der Waals surface area contributed by atoms with Crippen molar-refractivity contribution in [3.05, 3.63) is 71.7 Å². The van der Waals surface area contributed by atoms with Gasteiger partial charge in [0.2, 0.25) is 5.88 Å². The first-order valence-electron chi connectivity index (χ1n) is 9.19. The second-order valence-corrected chi connectivity index (χ2v) is 9.96. The fourth-order valence-corrected chi connectivity index (χ4v) is 5.71. The van der Waals surface area contributed by atoms with Crippen molar-refractivity contribution in [1.82, 2.24) is 4.98 Å². The zero-order valence-corrected chi connectivity index (χ0v) is 17.2. The predicted octanol–water partition coefficient (Wildman–Crippen LogP) is 3.36. The fraction of sp³-hybridized carbons (Fsp3) is 0.273. The maximum Gasteiger partial charge on any atom is 0.338 e. The van der Waals surface area contributed by atoms with Crippen molar-refractivity contribution in [3.63, 3.8) is 0 Å². The third kappa shape index (κ3) is 3.58. The van der Waals surface area contributed by atoms with Crippen LogP contribution < -0.4 is 4.74 Å². The van der Waals surface area contributed by atoms with E-state index in [2.05, 4.69) is 4.98 Å². The molecule has 1 aromatic carbocycles. The van der Waals surface area contributed by atoms with Crippen LogP contribution in [-0.2, 0) is 19.4 Å². The Morgan fingerprint density at radius 2 is 1.97 bits per heavy atom. The van der Waals surface area contributed by atoms with Crippen LogP contribution in [0.15, 0.2) is 71.7 Å². The number of ether oxygens (including phenoxy) is 2. The van der Waals surface area contributed by atoms with Crippen molar-refractivity contribution in [3.8, 4) is 5.88 Å². The first-order valence-corrected chi connectivity index (χ1v) is 11.1. The Morgan fingerprint density at radius 1 is 1.21 bits per heavy atom. The first kappa shape index (κ1) is 19.4. The SMILES string of the molecule is CC1(C)C=C(C2=CCOC2=O)C=C(Oc2nccc3ccccc23)C1S(C)(=O)=O. The molecule has 4 rings (SSSR count). The quantitative estimate of drug-likeness (QED) is 0.718. The number of aromatic nitrogens is 1. The molecule has 0 spiro atoms. The third-order valence-corrected chi connectivity index (χ3v) is 6.77. The summed E-state index contributed by atoms with van der Waals surface area (Å²) in [5.41, 5.74) is 0.200. The highest BCUT2D eigenvalue weighted by Gasteiger charge is 2.44. The molecular weight excluding hydrogens is 390 g/mol. The van der Waals surface area contributed by atoms with E-state index in [1.54, 1.807) is 24.4 Å². The molecule has 0 fully saturated rings. The number of hydrogen-bond donors (Lipinski definition) is 0. The number of allylic oxidation sites excluding steroid dienone is 2. The summed E-state index contributed by atoms with van der Waals surface area (Å²) in [6, 6.07) is 9.44. The molecule has 1 unspecified atom stereocenters. The zero-order valence-electron chi connectivity index (χ0n) is 16.4. The van der Waals surface area contributed by atoms with Crippen LogP contribution in [-0.4, -0.2) is 37.5 Å². The average Bonchev–Trinajstić information content (AvgIpc) is 3.05. The van der Waals surface area contributed by atoms with Gasteiger partial charge in [-0.1, -0.05) is 38.1 Å². The standard InChI is InChI=1S/C22H21NO5S/c1-22(2)13-15(17-9-11-27-21(17)24)12-18(19(22)29(3,25)26)28-20-16-7-5-4-6-14(16)8-10-23-20/h4-10,12-13,19H,11H2,1-3H3. The van der Waals surface area contributed by atoms with Gasteiger partial charge in [0.05, 0.1) is 5.57 Å². The van der Waals surface area contributed by atoms with Crippen LogP contribution in [0.1, 0.15) is 13.8 Å². The molecule has 2 aromatic rings. The number of fused-ring (bicyclic) bond motifs is 1. The van der Waals surface area contributed by atoms with E-state index in [1.165, 1.54) is 6.26 Å². The van der Waals surface area contributed by atoms with Gasteiger partial charge in [-0.25, -0.2) is 18.2 Å². The Kier molecular flexibility index (Phi) is 4.58. The van der Waals surface area contributed by atoms with Gasteiger partial charge in [0.25, 0.3) is 0 Å². The number of cyclic esters (lactones) is 1. The molecule has 0 amide bonds. The van der Waals surface area contributed by atoms with Gasteiger partial charge in [-0.05, 0) is 35.2 Å². The Morgan fingerprint density at radius 3 is 2.66 bits per heavy atom. The molecule has 0 saturated carbocycles. The number of nitrogens with zero attached hydrogens (tertiary/aromatic N) is 1. The Labute approximate surface area is 169 Å². The monoisotopic (exact) mass is 411 g/mol. The molecule has 1 aliphatic carbocycles. The molecule has 2 aliphatic rings. The van der Waals surface area contributed by atoms with Gasteiger partial charge in [0.1, 0.15) is 17.6 Å². The fourth-order valence-electron chi connectivity index (χ4n) is 4.00. The summed E-state index contributed by atoms with van der Waals surface area (Å²) >= 11 is 0. The molecule has 0 saturated heterocycles. The molecule has 29 heavy (non-hydrogen) atoms. The Balaban J connectivity index is 1.85. The van der Waals surface area contributed by atoms with Gasteiger partial charge in [-0.15, -0.1) is 0 Å². The number of hydrogen-bond acceptors (Lipinski definition) is 6. The smallest absolute Gasteiger partial charge is 0.338 e. The van der Waals surface area contributed by atoms with Crippen molar-refractivity contribution >= 4 is 26.6 Å². The second-order valence-electron chi connectivity index (χ2n) is 7.83. The van der Waals surface area contributed by atoms with Gasteiger partial charge in [-0.2, -0.15) is 0 Å². The molecule has 1 aliphatic heterocycles. The summed E-state index contributed by atoms with van der Waals surface area (Å²) in [7, 11) is -3.52. The van der Waals surface area contributed by atoms with Gasteiger partial charge in [0, 0.05) is 23.3 Å². The third-order valence-electron chi connectivity index (χ3n) is 5.07. The number of sulfone groups is 1. The molecule has 0 bridgehead atoms. The summed E-state index contributed by atoms with van der Waals surface area (Å²) in [6.07, 6.45) is 7.90. The molecule has 6 nitrogen and oxygen atoms in total. The minimum atomic E-state index is -3.52. The van der Waals surface area contributed by atoms with Crippen LogP contribution in [0, 0.1) is 5.41 Å². The van der Waals surface area contributed by atoms with E-state index in [1.807, 2.05) is 44.2 Å². The Bertz CT molecular complexity index is 1200. The van der Waals surface area contributed by atoms with E-state index >= 15 is 0 Å². The predicted molar refractivity (Wildman–Crippen MR) is 110 cm³/mol. The summed E-state index contributed by atoms with van der Waals surface area (Å²) < 4.78 is 36.5. The van der Waals surface area contributed by atoms with Crippen LogP contribution in [0.5, 0.6) is 5.88 Å². The number of carbonyl (C=O) groups is 1. The lowest BCUT2D eigenvalue weighted by molar-refractivity contribution is -0.135. The van der Waals surface area contributed by atoms with Gasteiger partial charge in [0.15, 0.2) is 9.84 Å². The summed E-state index contributed by atoms with van der Waals surface area (Å²) in [5.74, 6) is 0.131. The highest BCUT2D eigenvalue weighted by Crippen LogP contribution is 2.41. The van der Waals surface area contributed by atoms with E-state index in [0.717, 1.165) is 10.8 Å². The lowest BCUT2D eigenvalue weighted by atomic mass is 9.80. The molecule has 2 heterocycles. The van der Waals surface area contributed by atoms with E-state index in [4.69, 9.17) is 9.47 Å². The summed E-state index contributed by atoms with van der Waals surface area (Å²) in [4.78, 5) is 16.4. The molecule has 150 valence electrons. The van der Waals surface area contributed by atoms with Crippen LogP contribution >= 0.6 is 0 Å². The second kappa shape index (κ2) is 6.84. The molecule has 7 heteroatoms.